The molecule has 0 unspecified atom stereocenters. The fourth-order valence-electron chi connectivity index (χ4n) is 1.32. The molecule has 0 atom stereocenters. The number of rotatable bonds is 3. The second kappa shape index (κ2) is 4.48. The predicted molar refractivity (Wildman–Crippen MR) is 52.3 cm³/mol. The Labute approximate surface area is 93.9 Å². The molecule has 0 bridgehead atoms. The Hall–Kier alpha value is -1.98. The first kappa shape index (κ1) is 11.5. The maximum absolute atomic E-state index is 13.2. The Morgan fingerprint density at radius 1 is 1.06 bits per heavy atom. The van der Waals surface area contributed by atoms with Gasteiger partial charge in [0.1, 0.15) is 11.4 Å². The average Bonchev–Trinajstić information content (AvgIpc) is 2.79. The van der Waals surface area contributed by atoms with Gasteiger partial charge in [0.25, 0.3) is 0 Å². The maximum atomic E-state index is 13.2. The SMILES string of the molecule is Fc1cc(F)c(F)c(NCc2ccco2)c1F. The number of hydrogen-bond acceptors (Lipinski definition) is 2. The largest absolute Gasteiger partial charge is 0.467 e. The van der Waals surface area contributed by atoms with Crippen LogP contribution < -0.4 is 5.32 Å². The van der Waals surface area contributed by atoms with E-state index in [1.807, 2.05) is 0 Å². The van der Waals surface area contributed by atoms with Crippen molar-refractivity contribution in [2.24, 2.45) is 0 Å². The maximum Gasteiger partial charge on any atom is 0.185 e. The van der Waals surface area contributed by atoms with Crippen LogP contribution in [0.15, 0.2) is 28.9 Å². The molecule has 2 aromatic rings. The molecule has 90 valence electrons. The Kier molecular flexibility index (Phi) is 3.03. The van der Waals surface area contributed by atoms with E-state index in [9.17, 15) is 17.6 Å². The van der Waals surface area contributed by atoms with Crippen molar-refractivity contribution in [2.75, 3.05) is 5.32 Å². The molecule has 6 heteroatoms. The lowest BCUT2D eigenvalue weighted by Gasteiger charge is -2.08. The van der Waals surface area contributed by atoms with E-state index in [4.69, 9.17) is 4.42 Å². The van der Waals surface area contributed by atoms with Gasteiger partial charge < -0.3 is 9.73 Å². The van der Waals surface area contributed by atoms with Crippen LogP contribution in [-0.4, -0.2) is 0 Å². The van der Waals surface area contributed by atoms with Crippen LogP contribution in [0.2, 0.25) is 0 Å². The van der Waals surface area contributed by atoms with Gasteiger partial charge in [0.2, 0.25) is 0 Å². The minimum atomic E-state index is -1.46. The number of benzene rings is 1. The summed E-state index contributed by atoms with van der Waals surface area (Å²) in [5.41, 5.74) is -0.848. The molecule has 2 nitrogen and oxygen atoms in total. The Morgan fingerprint density at radius 2 is 1.71 bits per heavy atom. The Bertz CT molecular complexity index is 499. The summed E-state index contributed by atoms with van der Waals surface area (Å²) in [5.74, 6) is -5.45. The summed E-state index contributed by atoms with van der Waals surface area (Å²) < 4.78 is 57.0. The van der Waals surface area contributed by atoms with Crippen molar-refractivity contribution in [1.29, 1.82) is 0 Å². The number of hydrogen-bond donors (Lipinski definition) is 1. The summed E-state index contributed by atoms with van der Waals surface area (Å²) >= 11 is 0. The van der Waals surface area contributed by atoms with Gasteiger partial charge in [0.05, 0.1) is 12.8 Å². The molecule has 0 amide bonds. The smallest absolute Gasteiger partial charge is 0.185 e. The van der Waals surface area contributed by atoms with E-state index in [0.29, 0.717) is 5.76 Å². The van der Waals surface area contributed by atoms with E-state index < -0.39 is 29.0 Å². The highest BCUT2D eigenvalue weighted by molar-refractivity contribution is 5.47. The molecular formula is C11H7F4NO. The van der Waals surface area contributed by atoms with Crippen molar-refractivity contribution >= 4 is 5.69 Å². The fraction of sp³-hybridized carbons (Fsp3) is 0.0909. The number of furan rings is 1. The Balaban J connectivity index is 2.26. The van der Waals surface area contributed by atoms with Crippen molar-refractivity contribution in [2.45, 2.75) is 6.54 Å². The minimum Gasteiger partial charge on any atom is -0.467 e. The van der Waals surface area contributed by atoms with Gasteiger partial charge in [-0.2, -0.15) is 0 Å². The lowest BCUT2D eigenvalue weighted by Crippen LogP contribution is -2.06. The summed E-state index contributed by atoms with van der Waals surface area (Å²) in [6.45, 7) is -0.0796. The molecule has 1 N–H and O–H groups in total. The fourth-order valence-corrected chi connectivity index (χ4v) is 1.32. The van der Waals surface area contributed by atoms with Gasteiger partial charge in [0, 0.05) is 6.07 Å². The van der Waals surface area contributed by atoms with Crippen LogP contribution in [0.3, 0.4) is 0 Å². The molecule has 0 saturated carbocycles. The molecule has 0 radical (unpaired) electrons. The first-order valence-electron chi connectivity index (χ1n) is 4.69. The van der Waals surface area contributed by atoms with Gasteiger partial charge in [-0.25, -0.2) is 17.6 Å². The molecule has 17 heavy (non-hydrogen) atoms. The predicted octanol–water partition coefficient (Wildman–Crippen LogP) is 3.45. The number of halogens is 4. The molecule has 0 spiro atoms. The first-order chi connectivity index (χ1) is 8.09. The van der Waals surface area contributed by atoms with E-state index in [1.165, 1.54) is 6.26 Å². The van der Waals surface area contributed by atoms with Gasteiger partial charge >= 0.3 is 0 Å². The van der Waals surface area contributed by atoms with Gasteiger partial charge in [-0.15, -0.1) is 0 Å². The van der Waals surface area contributed by atoms with Crippen LogP contribution in [0, 0.1) is 23.3 Å². The monoisotopic (exact) mass is 245 g/mol. The molecule has 2 rings (SSSR count). The third-order valence-corrected chi connectivity index (χ3v) is 2.13. The van der Waals surface area contributed by atoms with E-state index >= 15 is 0 Å². The van der Waals surface area contributed by atoms with E-state index in [0.717, 1.165) is 0 Å². The molecule has 0 aliphatic carbocycles. The second-order valence-corrected chi connectivity index (χ2v) is 3.28. The third kappa shape index (κ3) is 2.25. The van der Waals surface area contributed by atoms with Crippen molar-refractivity contribution in [1.82, 2.24) is 0 Å². The van der Waals surface area contributed by atoms with Crippen LogP contribution in [0.1, 0.15) is 5.76 Å². The zero-order chi connectivity index (χ0) is 12.4. The summed E-state index contributed by atoms with van der Waals surface area (Å²) in [6.07, 6.45) is 1.37. The first-order valence-corrected chi connectivity index (χ1v) is 4.69. The van der Waals surface area contributed by atoms with Crippen LogP contribution in [-0.2, 0) is 6.54 Å². The topological polar surface area (TPSA) is 25.2 Å². The van der Waals surface area contributed by atoms with Crippen LogP contribution in [0.4, 0.5) is 23.2 Å². The van der Waals surface area contributed by atoms with Crippen LogP contribution in [0.5, 0.6) is 0 Å². The van der Waals surface area contributed by atoms with Gasteiger partial charge in [-0.05, 0) is 12.1 Å². The molecule has 0 aliphatic rings. The quantitative estimate of drug-likeness (QED) is 0.661. The minimum absolute atomic E-state index is 0.0796. The van der Waals surface area contributed by atoms with Crippen molar-refractivity contribution in [3.8, 4) is 0 Å². The standard InChI is InChI=1S/C11H7F4NO/c12-7-4-8(13)10(15)11(9(7)14)16-5-6-2-1-3-17-6/h1-4,16H,5H2. The molecule has 0 fully saturated rings. The third-order valence-electron chi connectivity index (χ3n) is 2.13. The Morgan fingerprint density at radius 3 is 2.24 bits per heavy atom. The average molecular weight is 245 g/mol. The zero-order valence-electron chi connectivity index (χ0n) is 8.44. The molecule has 1 aromatic heterocycles. The number of anilines is 1. The van der Waals surface area contributed by atoms with Gasteiger partial charge in [-0.3, -0.25) is 0 Å². The van der Waals surface area contributed by atoms with E-state index in [2.05, 4.69) is 5.32 Å². The zero-order valence-corrected chi connectivity index (χ0v) is 8.44. The number of nitrogens with one attached hydrogen (secondary N) is 1. The summed E-state index contributed by atoms with van der Waals surface area (Å²) in [4.78, 5) is 0. The van der Waals surface area contributed by atoms with Gasteiger partial charge in [-0.1, -0.05) is 0 Å². The lowest BCUT2D eigenvalue weighted by atomic mass is 10.2. The molecular weight excluding hydrogens is 238 g/mol. The van der Waals surface area contributed by atoms with Crippen LogP contribution >= 0.6 is 0 Å². The normalized spacial score (nSPS) is 10.6. The highest BCUT2D eigenvalue weighted by Crippen LogP contribution is 2.24. The molecule has 1 heterocycles. The summed E-state index contributed by atoms with van der Waals surface area (Å²) in [6, 6.07) is 3.29. The van der Waals surface area contributed by atoms with Crippen LogP contribution in [0.25, 0.3) is 0 Å². The van der Waals surface area contributed by atoms with Crippen molar-refractivity contribution in [3.63, 3.8) is 0 Å². The second-order valence-electron chi connectivity index (χ2n) is 3.28. The molecule has 0 saturated heterocycles. The van der Waals surface area contributed by atoms with E-state index in [-0.39, 0.29) is 12.6 Å². The highest BCUT2D eigenvalue weighted by atomic mass is 19.2. The summed E-state index contributed by atoms with van der Waals surface area (Å²) in [5, 5.41) is 2.24. The molecule has 1 aromatic carbocycles. The lowest BCUT2D eigenvalue weighted by molar-refractivity contribution is 0.456. The highest BCUT2D eigenvalue weighted by Gasteiger charge is 2.18. The van der Waals surface area contributed by atoms with Crippen molar-refractivity contribution < 1.29 is 22.0 Å². The molecule has 0 aliphatic heterocycles. The van der Waals surface area contributed by atoms with E-state index in [1.54, 1.807) is 12.1 Å². The van der Waals surface area contributed by atoms with Gasteiger partial charge in [0.15, 0.2) is 23.3 Å². The summed E-state index contributed by atoms with van der Waals surface area (Å²) in [7, 11) is 0. The van der Waals surface area contributed by atoms with Crippen molar-refractivity contribution in [3.05, 3.63) is 53.5 Å².